The molecule has 0 fully saturated rings. The van der Waals surface area contributed by atoms with Crippen LogP contribution in [-0.4, -0.2) is 25.7 Å². The molecule has 0 unspecified atom stereocenters. The Labute approximate surface area is 173 Å². The summed E-state index contributed by atoms with van der Waals surface area (Å²) in [7, 11) is 0. The van der Waals surface area contributed by atoms with E-state index in [0.29, 0.717) is 5.69 Å². The highest BCUT2D eigenvalue weighted by Gasteiger charge is 2.31. The van der Waals surface area contributed by atoms with Gasteiger partial charge in [0.05, 0.1) is 29.1 Å². The number of hydrogen-bond acceptors (Lipinski definition) is 5. The normalized spacial score (nSPS) is 11.4. The largest absolute Gasteiger partial charge is 0.416 e. The third kappa shape index (κ3) is 4.38. The van der Waals surface area contributed by atoms with E-state index in [9.17, 15) is 18.0 Å². The number of thiazole rings is 1. The number of nitrogens with one attached hydrogen (secondary N) is 1. The summed E-state index contributed by atoms with van der Waals surface area (Å²) in [4.78, 5) is 20.8. The Balaban J connectivity index is 1.56. The molecule has 0 bridgehead atoms. The van der Waals surface area contributed by atoms with Crippen molar-refractivity contribution in [1.29, 1.82) is 0 Å². The minimum Gasteiger partial charge on any atom is -0.324 e. The number of alkyl halides is 3. The summed E-state index contributed by atoms with van der Waals surface area (Å²) < 4.78 is 40.7. The Hall–Kier alpha value is -3.53. The van der Waals surface area contributed by atoms with E-state index < -0.39 is 17.6 Å². The fourth-order valence-electron chi connectivity index (χ4n) is 2.81. The van der Waals surface area contributed by atoms with Crippen LogP contribution in [0.3, 0.4) is 0 Å². The molecule has 152 valence electrons. The number of nitrogens with zero attached hydrogens (tertiary/aromatic N) is 4. The number of rotatable bonds is 5. The van der Waals surface area contributed by atoms with E-state index >= 15 is 0 Å². The van der Waals surface area contributed by atoms with Crippen LogP contribution in [0.5, 0.6) is 0 Å². The van der Waals surface area contributed by atoms with E-state index in [2.05, 4.69) is 20.4 Å². The van der Waals surface area contributed by atoms with Gasteiger partial charge in [0.1, 0.15) is 17.7 Å². The molecular formula is C20H14F3N5OS. The fraction of sp³-hybridized carbons (Fsp3) is 0.100. The molecule has 0 saturated carbocycles. The fourth-order valence-corrected chi connectivity index (χ4v) is 3.63. The molecule has 1 N–H and O–H groups in total. The van der Waals surface area contributed by atoms with Crippen molar-refractivity contribution >= 4 is 22.9 Å². The highest BCUT2D eigenvalue weighted by Crippen LogP contribution is 2.33. The van der Waals surface area contributed by atoms with E-state index in [1.165, 1.54) is 34.7 Å². The van der Waals surface area contributed by atoms with Crippen LogP contribution < -0.4 is 5.32 Å². The number of carbonyl (C=O) groups is 1. The molecule has 0 saturated heterocycles. The standard InChI is InChI=1S/C20H14F3N5OS/c21-20(22,23)14-6-7-17(28-12-24-11-25-28)16(8-14)27-18(29)9-15-10-30-19(26-15)13-4-2-1-3-5-13/h1-8,10-12H,9H2,(H,27,29). The topological polar surface area (TPSA) is 72.7 Å². The molecule has 1 amide bonds. The lowest BCUT2D eigenvalue weighted by Gasteiger charge is -2.14. The Morgan fingerprint density at radius 1 is 1.13 bits per heavy atom. The first-order chi connectivity index (χ1) is 14.4. The van der Waals surface area contributed by atoms with Crippen molar-refractivity contribution in [1.82, 2.24) is 19.7 Å². The summed E-state index contributed by atoms with van der Waals surface area (Å²) in [6.07, 6.45) is -2.02. The molecule has 0 spiro atoms. The molecule has 0 radical (unpaired) electrons. The smallest absolute Gasteiger partial charge is 0.324 e. The zero-order chi connectivity index (χ0) is 21.1. The number of anilines is 1. The first kappa shape index (κ1) is 19.8. The predicted octanol–water partition coefficient (Wildman–Crippen LogP) is 4.59. The van der Waals surface area contributed by atoms with E-state index in [4.69, 9.17) is 0 Å². The van der Waals surface area contributed by atoms with Gasteiger partial charge in [-0.2, -0.15) is 18.3 Å². The second-order valence-electron chi connectivity index (χ2n) is 6.30. The van der Waals surface area contributed by atoms with Gasteiger partial charge in [-0.1, -0.05) is 30.3 Å². The molecule has 2 aromatic heterocycles. The Morgan fingerprint density at radius 2 is 1.93 bits per heavy atom. The van der Waals surface area contributed by atoms with Crippen molar-refractivity contribution in [3.63, 3.8) is 0 Å². The van der Waals surface area contributed by atoms with Crippen molar-refractivity contribution < 1.29 is 18.0 Å². The summed E-state index contributed by atoms with van der Waals surface area (Å²) in [5.74, 6) is -0.486. The number of benzene rings is 2. The van der Waals surface area contributed by atoms with Gasteiger partial charge in [-0.05, 0) is 18.2 Å². The van der Waals surface area contributed by atoms with Crippen LogP contribution in [0.25, 0.3) is 16.3 Å². The van der Waals surface area contributed by atoms with Crippen molar-refractivity contribution in [3.8, 4) is 16.3 Å². The lowest BCUT2D eigenvalue weighted by Crippen LogP contribution is -2.17. The summed E-state index contributed by atoms with van der Waals surface area (Å²) in [6.45, 7) is 0. The maximum Gasteiger partial charge on any atom is 0.416 e. The number of hydrogen-bond donors (Lipinski definition) is 1. The molecule has 2 aromatic carbocycles. The average Bonchev–Trinajstić information content (AvgIpc) is 3.40. The van der Waals surface area contributed by atoms with Gasteiger partial charge < -0.3 is 5.32 Å². The van der Waals surface area contributed by atoms with Crippen LogP contribution in [-0.2, 0) is 17.4 Å². The van der Waals surface area contributed by atoms with Gasteiger partial charge in [0, 0.05) is 10.9 Å². The SMILES string of the molecule is O=C(Cc1csc(-c2ccccc2)n1)Nc1cc(C(F)(F)F)ccc1-n1cncn1. The van der Waals surface area contributed by atoms with Crippen LogP contribution in [0.2, 0.25) is 0 Å². The van der Waals surface area contributed by atoms with Gasteiger partial charge in [-0.3, -0.25) is 4.79 Å². The van der Waals surface area contributed by atoms with Gasteiger partial charge >= 0.3 is 6.18 Å². The first-order valence-corrected chi connectivity index (χ1v) is 9.64. The second-order valence-corrected chi connectivity index (χ2v) is 7.16. The molecule has 0 atom stereocenters. The van der Waals surface area contributed by atoms with Crippen LogP contribution >= 0.6 is 11.3 Å². The molecule has 0 aliphatic heterocycles. The molecule has 4 rings (SSSR count). The van der Waals surface area contributed by atoms with Gasteiger partial charge in [0.25, 0.3) is 0 Å². The lowest BCUT2D eigenvalue weighted by molar-refractivity contribution is -0.137. The van der Waals surface area contributed by atoms with E-state index in [-0.39, 0.29) is 17.8 Å². The van der Waals surface area contributed by atoms with Gasteiger partial charge in [0.15, 0.2) is 0 Å². The summed E-state index contributed by atoms with van der Waals surface area (Å²) in [5, 5.41) is 9.00. The van der Waals surface area contributed by atoms with Crippen LogP contribution in [0.1, 0.15) is 11.3 Å². The van der Waals surface area contributed by atoms with E-state index in [1.54, 1.807) is 5.38 Å². The Bertz CT molecular complexity index is 1160. The van der Waals surface area contributed by atoms with Crippen molar-refractivity contribution in [2.75, 3.05) is 5.32 Å². The highest BCUT2D eigenvalue weighted by molar-refractivity contribution is 7.13. The van der Waals surface area contributed by atoms with Crippen LogP contribution in [0, 0.1) is 0 Å². The molecule has 2 heterocycles. The Morgan fingerprint density at radius 3 is 2.63 bits per heavy atom. The van der Waals surface area contributed by atoms with Gasteiger partial charge in [0.2, 0.25) is 5.91 Å². The van der Waals surface area contributed by atoms with E-state index in [0.717, 1.165) is 22.7 Å². The second kappa shape index (κ2) is 8.07. The third-order valence-electron chi connectivity index (χ3n) is 4.18. The summed E-state index contributed by atoms with van der Waals surface area (Å²) >= 11 is 1.40. The van der Waals surface area contributed by atoms with Crippen LogP contribution in [0.4, 0.5) is 18.9 Å². The summed E-state index contributed by atoms with van der Waals surface area (Å²) in [6, 6.07) is 12.6. The van der Waals surface area contributed by atoms with Gasteiger partial charge in [-0.15, -0.1) is 11.3 Å². The van der Waals surface area contributed by atoms with Crippen molar-refractivity contribution in [3.05, 3.63) is 77.8 Å². The number of carbonyl (C=O) groups excluding carboxylic acids is 1. The predicted molar refractivity (Wildman–Crippen MR) is 106 cm³/mol. The monoisotopic (exact) mass is 429 g/mol. The van der Waals surface area contributed by atoms with Crippen molar-refractivity contribution in [2.24, 2.45) is 0 Å². The zero-order valence-corrected chi connectivity index (χ0v) is 16.1. The lowest BCUT2D eigenvalue weighted by atomic mass is 10.1. The minimum atomic E-state index is -4.54. The molecule has 0 aliphatic rings. The quantitative estimate of drug-likeness (QED) is 0.504. The molecule has 0 aliphatic carbocycles. The first-order valence-electron chi connectivity index (χ1n) is 8.76. The molecular weight excluding hydrogens is 415 g/mol. The highest BCUT2D eigenvalue weighted by atomic mass is 32.1. The number of halogens is 3. The zero-order valence-electron chi connectivity index (χ0n) is 15.3. The molecule has 4 aromatic rings. The average molecular weight is 429 g/mol. The number of amides is 1. The maximum atomic E-state index is 13.1. The third-order valence-corrected chi connectivity index (χ3v) is 5.12. The molecule has 6 nitrogen and oxygen atoms in total. The van der Waals surface area contributed by atoms with Crippen molar-refractivity contribution in [2.45, 2.75) is 12.6 Å². The van der Waals surface area contributed by atoms with E-state index in [1.807, 2.05) is 30.3 Å². The van der Waals surface area contributed by atoms with Gasteiger partial charge in [-0.25, -0.2) is 14.6 Å². The van der Waals surface area contributed by atoms with Crippen LogP contribution in [0.15, 0.2) is 66.6 Å². The molecule has 10 heteroatoms. The number of aromatic nitrogens is 4. The molecule has 30 heavy (non-hydrogen) atoms. The minimum absolute atomic E-state index is 0.0150. The summed E-state index contributed by atoms with van der Waals surface area (Å²) in [5.41, 5.74) is 0.851. The maximum absolute atomic E-state index is 13.1. The Kier molecular flexibility index (Phi) is 5.32.